The molecule has 1 aromatic heterocycles. The van der Waals surface area contributed by atoms with Crippen molar-refractivity contribution in [2.24, 2.45) is 10.9 Å². The van der Waals surface area contributed by atoms with Crippen molar-refractivity contribution in [2.75, 3.05) is 19.7 Å². The van der Waals surface area contributed by atoms with Gasteiger partial charge in [-0.2, -0.15) is 0 Å². The minimum absolute atomic E-state index is 0.0581. The van der Waals surface area contributed by atoms with Crippen molar-refractivity contribution >= 4 is 12.1 Å². The molecule has 0 saturated heterocycles. The molecule has 3 N–H and O–H groups in total. The van der Waals surface area contributed by atoms with Crippen molar-refractivity contribution in [1.29, 1.82) is 0 Å². The van der Waals surface area contributed by atoms with Crippen LogP contribution >= 0.6 is 0 Å². The Balaban J connectivity index is 1.87. The third-order valence-electron chi connectivity index (χ3n) is 3.73. The quantitative estimate of drug-likeness (QED) is 0.497. The van der Waals surface area contributed by atoms with Crippen LogP contribution in [-0.2, 0) is 11.3 Å². The maximum atomic E-state index is 11.7. The lowest BCUT2D eigenvalue weighted by Crippen LogP contribution is -2.48. The second-order valence-corrected chi connectivity index (χ2v) is 5.71. The van der Waals surface area contributed by atoms with Gasteiger partial charge in [0.25, 0.3) is 0 Å². The Morgan fingerprint density at radius 2 is 2.21 bits per heavy atom. The van der Waals surface area contributed by atoms with E-state index < -0.39 is 0 Å². The molecule has 7 nitrogen and oxygen atoms in total. The van der Waals surface area contributed by atoms with Crippen molar-refractivity contribution in [1.82, 2.24) is 20.9 Å². The van der Waals surface area contributed by atoms with Gasteiger partial charge in [0.1, 0.15) is 0 Å². The van der Waals surface area contributed by atoms with Crippen molar-refractivity contribution in [3.8, 4) is 0 Å². The lowest BCUT2D eigenvalue weighted by Gasteiger charge is -2.20. The largest absolute Gasteiger partial charge is 0.450 e. The summed E-state index contributed by atoms with van der Waals surface area (Å²) < 4.78 is 4.98. The molecular formula is C17H27N5O2. The molecule has 0 radical (unpaired) electrons. The van der Waals surface area contributed by atoms with Crippen LogP contribution in [-0.4, -0.2) is 42.8 Å². The molecule has 1 atom stereocenters. The van der Waals surface area contributed by atoms with Crippen LogP contribution < -0.4 is 16.0 Å². The molecule has 2 rings (SSSR count). The van der Waals surface area contributed by atoms with E-state index in [2.05, 4.69) is 25.9 Å². The van der Waals surface area contributed by atoms with E-state index in [4.69, 9.17) is 4.74 Å². The van der Waals surface area contributed by atoms with E-state index in [-0.39, 0.29) is 12.1 Å². The Morgan fingerprint density at radius 1 is 1.38 bits per heavy atom. The van der Waals surface area contributed by atoms with Crippen LogP contribution in [0.5, 0.6) is 0 Å². The van der Waals surface area contributed by atoms with Crippen LogP contribution in [0, 0.1) is 5.92 Å². The van der Waals surface area contributed by atoms with Gasteiger partial charge in [-0.25, -0.2) is 9.79 Å². The molecule has 1 unspecified atom stereocenters. The normalized spacial score (nSPS) is 15.5. The van der Waals surface area contributed by atoms with Crippen molar-refractivity contribution in [3.05, 3.63) is 30.1 Å². The van der Waals surface area contributed by atoms with Gasteiger partial charge >= 0.3 is 6.09 Å². The molecule has 1 aromatic rings. The molecule has 0 aromatic carbocycles. The van der Waals surface area contributed by atoms with Gasteiger partial charge in [-0.3, -0.25) is 4.98 Å². The summed E-state index contributed by atoms with van der Waals surface area (Å²) in [4.78, 5) is 20.5. The minimum Gasteiger partial charge on any atom is -0.450 e. The average Bonchev–Trinajstić information content (AvgIpc) is 3.42. The maximum absolute atomic E-state index is 11.7. The van der Waals surface area contributed by atoms with Gasteiger partial charge in [-0.15, -0.1) is 0 Å². The van der Waals surface area contributed by atoms with Crippen molar-refractivity contribution in [3.63, 3.8) is 0 Å². The number of guanidine groups is 1. The number of aromatic nitrogens is 1. The Bertz CT molecular complexity index is 531. The Kier molecular flexibility index (Phi) is 7.32. The third kappa shape index (κ3) is 6.44. The SMILES string of the molecule is CCNC(=NCc1ccccn1)NCC(NC(=O)OCC)C1CC1. The number of amides is 1. The zero-order valence-corrected chi connectivity index (χ0v) is 14.4. The summed E-state index contributed by atoms with van der Waals surface area (Å²) in [6.07, 6.45) is 3.69. The number of carbonyl (C=O) groups excluding carboxylic acids is 1. The first kappa shape index (κ1) is 18.0. The predicted octanol–water partition coefficient (Wildman–Crippen LogP) is 1.66. The third-order valence-corrected chi connectivity index (χ3v) is 3.73. The summed E-state index contributed by atoms with van der Waals surface area (Å²) in [5.41, 5.74) is 0.915. The minimum atomic E-state index is -0.355. The fourth-order valence-corrected chi connectivity index (χ4v) is 2.36. The highest BCUT2D eigenvalue weighted by Gasteiger charge is 2.32. The summed E-state index contributed by atoms with van der Waals surface area (Å²) in [5.74, 6) is 1.24. The number of ether oxygens (including phenoxy) is 1. The molecule has 1 amide bonds. The standard InChI is InChI=1S/C17H27N5O2/c1-3-18-16(20-11-14-7-5-6-10-19-14)21-12-15(13-8-9-13)22-17(23)24-4-2/h5-7,10,13,15H,3-4,8-9,11-12H2,1-2H3,(H,22,23)(H2,18,20,21). The highest BCUT2D eigenvalue weighted by molar-refractivity contribution is 5.79. The van der Waals surface area contributed by atoms with E-state index in [1.165, 1.54) is 0 Å². The number of pyridine rings is 1. The van der Waals surface area contributed by atoms with Crippen LogP contribution in [0.1, 0.15) is 32.4 Å². The lowest BCUT2D eigenvalue weighted by atomic mass is 10.2. The number of hydrogen-bond donors (Lipinski definition) is 3. The van der Waals surface area contributed by atoms with E-state index in [0.29, 0.717) is 25.6 Å². The van der Waals surface area contributed by atoms with Gasteiger partial charge in [-0.1, -0.05) is 6.07 Å². The fraction of sp³-hybridized carbons (Fsp3) is 0.588. The highest BCUT2D eigenvalue weighted by atomic mass is 16.5. The molecule has 24 heavy (non-hydrogen) atoms. The van der Waals surface area contributed by atoms with Crippen molar-refractivity contribution in [2.45, 2.75) is 39.3 Å². The van der Waals surface area contributed by atoms with Gasteiger partial charge in [0.2, 0.25) is 0 Å². The van der Waals surface area contributed by atoms with Gasteiger partial charge < -0.3 is 20.7 Å². The molecule has 1 aliphatic rings. The zero-order valence-electron chi connectivity index (χ0n) is 14.4. The summed E-state index contributed by atoms with van der Waals surface area (Å²) in [5, 5.41) is 9.45. The number of carbonyl (C=O) groups is 1. The first-order valence-electron chi connectivity index (χ1n) is 8.58. The average molecular weight is 333 g/mol. The Morgan fingerprint density at radius 3 is 2.83 bits per heavy atom. The van der Waals surface area contributed by atoms with Crippen LogP contribution in [0.25, 0.3) is 0 Å². The van der Waals surface area contributed by atoms with Crippen LogP contribution in [0.3, 0.4) is 0 Å². The maximum Gasteiger partial charge on any atom is 0.407 e. The van der Waals surface area contributed by atoms with E-state index in [0.717, 1.165) is 31.0 Å². The monoisotopic (exact) mass is 333 g/mol. The van der Waals surface area contributed by atoms with Gasteiger partial charge in [-0.05, 0) is 44.7 Å². The molecule has 0 spiro atoms. The molecule has 0 aliphatic heterocycles. The molecule has 0 bridgehead atoms. The predicted molar refractivity (Wildman–Crippen MR) is 93.7 cm³/mol. The number of rotatable bonds is 8. The van der Waals surface area contributed by atoms with E-state index in [1.54, 1.807) is 13.1 Å². The number of nitrogens with zero attached hydrogens (tertiary/aromatic N) is 2. The molecule has 7 heteroatoms. The highest BCUT2D eigenvalue weighted by Crippen LogP contribution is 2.32. The Hall–Kier alpha value is -2.31. The number of hydrogen-bond acceptors (Lipinski definition) is 4. The van der Waals surface area contributed by atoms with Crippen LogP contribution in [0.2, 0.25) is 0 Å². The van der Waals surface area contributed by atoms with Gasteiger partial charge in [0, 0.05) is 19.3 Å². The van der Waals surface area contributed by atoms with Crippen LogP contribution in [0.15, 0.2) is 29.4 Å². The van der Waals surface area contributed by atoms with Crippen LogP contribution in [0.4, 0.5) is 4.79 Å². The molecule has 1 fully saturated rings. The smallest absolute Gasteiger partial charge is 0.407 e. The summed E-state index contributed by atoms with van der Waals surface area (Å²) >= 11 is 0. The first-order valence-corrected chi connectivity index (χ1v) is 8.58. The molecule has 1 saturated carbocycles. The lowest BCUT2D eigenvalue weighted by molar-refractivity contribution is 0.146. The molecule has 1 aliphatic carbocycles. The summed E-state index contributed by atoms with van der Waals surface area (Å²) in [7, 11) is 0. The molecular weight excluding hydrogens is 306 g/mol. The number of alkyl carbamates (subject to hydrolysis) is 1. The Labute approximate surface area is 143 Å². The molecule has 132 valence electrons. The first-order chi connectivity index (χ1) is 11.7. The van der Waals surface area contributed by atoms with E-state index in [1.807, 2.05) is 25.1 Å². The van der Waals surface area contributed by atoms with E-state index >= 15 is 0 Å². The number of aliphatic imine (C=N–C) groups is 1. The topological polar surface area (TPSA) is 87.6 Å². The fourth-order valence-electron chi connectivity index (χ4n) is 2.36. The van der Waals surface area contributed by atoms with Gasteiger partial charge in [0.05, 0.1) is 24.9 Å². The van der Waals surface area contributed by atoms with E-state index in [9.17, 15) is 4.79 Å². The number of nitrogens with one attached hydrogen (secondary N) is 3. The van der Waals surface area contributed by atoms with Crippen molar-refractivity contribution < 1.29 is 9.53 Å². The summed E-state index contributed by atoms with van der Waals surface area (Å²) in [6, 6.07) is 5.84. The second-order valence-electron chi connectivity index (χ2n) is 5.71. The van der Waals surface area contributed by atoms with Gasteiger partial charge in [0.15, 0.2) is 5.96 Å². The summed E-state index contributed by atoms with van der Waals surface area (Å²) in [6.45, 7) is 6.11. The molecule has 1 heterocycles. The zero-order chi connectivity index (χ0) is 17.2. The second kappa shape index (κ2) is 9.75.